The number of aromatic amines is 1. The highest BCUT2D eigenvalue weighted by atomic mass is 19.4. The maximum absolute atomic E-state index is 15.0. The molecule has 192 valence electrons. The molecule has 3 heterocycles. The highest BCUT2D eigenvalue weighted by molar-refractivity contribution is 5.93. The number of likely N-dealkylation sites (tertiary alicyclic amines) is 1. The van der Waals surface area contributed by atoms with Gasteiger partial charge in [-0.1, -0.05) is 13.8 Å². The van der Waals surface area contributed by atoms with Crippen LogP contribution >= 0.6 is 0 Å². The zero-order valence-electron chi connectivity index (χ0n) is 20.2. The molecule has 1 fully saturated rings. The number of amides is 1. The zero-order chi connectivity index (χ0) is 26.4. The van der Waals surface area contributed by atoms with E-state index in [1.165, 1.54) is 26.2 Å². The van der Waals surface area contributed by atoms with Gasteiger partial charge in [-0.2, -0.15) is 13.2 Å². The molecule has 36 heavy (non-hydrogen) atoms. The van der Waals surface area contributed by atoms with Gasteiger partial charge in [-0.05, 0) is 43.7 Å². The number of nitrogens with one attached hydrogen (secondary N) is 2. The zero-order valence-corrected chi connectivity index (χ0v) is 20.2. The SMILES string of the molecule is Cc1nc2c(F)c(C(F)(F)F)c(C(C)Nc3ncc(C(=O)N4CC(C)CC(C)C4)cn3)cc2c(=O)[nH]1. The molecule has 1 saturated heterocycles. The van der Waals surface area contributed by atoms with Gasteiger partial charge in [0.25, 0.3) is 11.5 Å². The highest BCUT2D eigenvalue weighted by Gasteiger charge is 2.40. The number of alkyl halides is 3. The van der Waals surface area contributed by atoms with Crippen LogP contribution in [0.15, 0.2) is 23.3 Å². The number of benzene rings is 1. The minimum absolute atomic E-state index is 0.00467. The summed E-state index contributed by atoms with van der Waals surface area (Å²) in [7, 11) is 0. The van der Waals surface area contributed by atoms with Crippen molar-refractivity contribution in [3.63, 3.8) is 0 Å². The monoisotopic (exact) mass is 506 g/mol. The number of aromatic nitrogens is 4. The average Bonchev–Trinajstić information content (AvgIpc) is 2.78. The van der Waals surface area contributed by atoms with Gasteiger partial charge in [0.2, 0.25) is 5.95 Å². The highest BCUT2D eigenvalue weighted by Crippen LogP contribution is 2.39. The number of aryl methyl sites for hydroxylation is 1. The lowest BCUT2D eigenvalue weighted by molar-refractivity contribution is -0.140. The summed E-state index contributed by atoms with van der Waals surface area (Å²) < 4.78 is 56.6. The first-order valence-electron chi connectivity index (χ1n) is 11.5. The number of carbonyl (C=O) groups excluding carboxylic acids is 1. The number of fused-ring (bicyclic) bond motifs is 1. The lowest BCUT2D eigenvalue weighted by Crippen LogP contribution is -2.42. The van der Waals surface area contributed by atoms with E-state index in [-0.39, 0.29) is 28.6 Å². The second kappa shape index (κ2) is 9.47. The lowest BCUT2D eigenvalue weighted by Gasteiger charge is -2.34. The van der Waals surface area contributed by atoms with E-state index in [1.54, 1.807) is 4.90 Å². The minimum atomic E-state index is -5.04. The third kappa shape index (κ3) is 5.02. The van der Waals surface area contributed by atoms with E-state index < -0.39 is 40.2 Å². The maximum atomic E-state index is 15.0. The summed E-state index contributed by atoms with van der Waals surface area (Å²) in [5, 5.41) is 2.40. The van der Waals surface area contributed by atoms with E-state index in [0.29, 0.717) is 24.9 Å². The minimum Gasteiger partial charge on any atom is -0.348 e. The van der Waals surface area contributed by atoms with E-state index in [0.717, 1.165) is 12.5 Å². The van der Waals surface area contributed by atoms with Crippen LogP contribution in [0, 0.1) is 24.6 Å². The van der Waals surface area contributed by atoms with Crippen molar-refractivity contribution in [3.8, 4) is 0 Å². The summed E-state index contributed by atoms with van der Waals surface area (Å²) in [5.41, 5.74) is -3.16. The number of halogens is 4. The number of anilines is 1. The molecule has 2 N–H and O–H groups in total. The van der Waals surface area contributed by atoms with Crippen LogP contribution < -0.4 is 10.9 Å². The Balaban J connectivity index is 1.63. The molecule has 8 nitrogen and oxygen atoms in total. The molecule has 1 aliphatic heterocycles. The average molecular weight is 507 g/mol. The van der Waals surface area contributed by atoms with Crippen LogP contribution in [-0.4, -0.2) is 43.8 Å². The first-order chi connectivity index (χ1) is 16.8. The van der Waals surface area contributed by atoms with Crippen molar-refractivity contribution >= 4 is 22.8 Å². The molecule has 0 saturated carbocycles. The number of H-pyrrole nitrogens is 1. The smallest absolute Gasteiger partial charge is 0.348 e. The Bertz CT molecular complexity index is 1350. The first kappa shape index (κ1) is 25.5. The van der Waals surface area contributed by atoms with Gasteiger partial charge in [-0.25, -0.2) is 19.3 Å². The Morgan fingerprint density at radius 2 is 1.81 bits per heavy atom. The van der Waals surface area contributed by atoms with Crippen LogP contribution in [-0.2, 0) is 6.18 Å². The Morgan fingerprint density at radius 3 is 2.39 bits per heavy atom. The molecule has 1 aromatic carbocycles. The third-order valence-corrected chi connectivity index (χ3v) is 6.24. The summed E-state index contributed by atoms with van der Waals surface area (Å²) in [6.07, 6.45) is -1.39. The predicted molar refractivity (Wildman–Crippen MR) is 125 cm³/mol. The predicted octanol–water partition coefficient (Wildman–Crippen LogP) is 4.47. The van der Waals surface area contributed by atoms with Gasteiger partial charge in [0.15, 0.2) is 5.82 Å². The van der Waals surface area contributed by atoms with Crippen molar-refractivity contribution in [1.29, 1.82) is 0 Å². The number of piperidine rings is 1. The molecule has 0 radical (unpaired) electrons. The van der Waals surface area contributed by atoms with Gasteiger partial charge in [0, 0.05) is 25.5 Å². The fraction of sp³-hybridized carbons (Fsp3) is 0.458. The van der Waals surface area contributed by atoms with Crippen molar-refractivity contribution in [2.24, 2.45) is 11.8 Å². The first-order valence-corrected chi connectivity index (χ1v) is 11.5. The number of hydrogen-bond acceptors (Lipinski definition) is 6. The van der Waals surface area contributed by atoms with Crippen LogP contribution in [0.3, 0.4) is 0 Å². The van der Waals surface area contributed by atoms with E-state index in [4.69, 9.17) is 0 Å². The Kier molecular flexibility index (Phi) is 6.72. The van der Waals surface area contributed by atoms with Gasteiger partial charge >= 0.3 is 6.18 Å². The Hall–Kier alpha value is -3.57. The molecule has 3 aromatic rings. The summed E-state index contributed by atoms with van der Waals surface area (Å²) in [6, 6.07) is -0.160. The second-order valence-corrected chi connectivity index (χ2v) is 9.52. The van der Waals surface area contributed by atoms with Crippen LogP contribution in [0.5, 0.6) is 0 Å². The standard InChI is InChI=1S/C24H26F4N6O2/c1-11-5-12(2)10-34(9-11)22(36)15-7-29-23(30-8-15)31-13(3)16-6-17-20(32-14(4)33-21(17)35)19(25)18(16)24(26,27)28/h6-8,11-13H,5,9-10H2,1-4H3,(H,29,30,31)(H,32,33,35). The fourth-order valence-corrected chi connectivity index (χ4v) is 4.79. The van der Waals surface area contributed by atoms with E-state index in [2.05, 4.69) is 39.1 Å². The van der Waals surface area contributed by atoms with Crippen molar-refractivity contribution in [1.82, 2.24) is 24.8 Å². The molecular formula is C24H26F4N6O2. The molecule has 2 aromatic heterocycles. The van der Waals surface area contributed by atoms with E-state index >= 15 is 4.39 Å². The number of rotatable bonds is 4. The summed E-state index contributed by atoms with van der Waals surface area (Å²) >= 11 is 0. The molecule has 0 aliphatic carbocycles. The summed E-state index contributed by atoms with van der Waals surface area (Å²) in [6.45, 7) is 8.13. The van der Waals surface area contributed by atoms with Crippen LogP contribution in [0.4, 0.5) is 23.5 Å². The maximum Gasteiger partial charge on any atom is 0.419 e. The Labute approximate surface area is 204 Å². The molecule has 0 spiro atoms. The van der Waals surface area contributed by atoms with Gasteiger partial charge in [-0.3, -0.25) is 9.59 Å². The molecule has 1 aliphatic rings. The number of carbonyl (C=O) groups is 1. The Morgan fingerprint density at radius 1 is 1.19 bits per heavy atom. The summed E-state index contributed by atoms with van der Waals surface area (Å²) in [5.74, 6) is -1.15. The van der Waals surface area contributed by atoms with Crippen molar-refractivity contribution in [3.05, 3.63) is 57.1 Å². The number of nitrogens with zero attached hydrogens (tertiary/aromatic N) is 4. The quantitative estimate of drug-likeness (QED) is 0.506. The number of hydrogen-bond donors (Lipinski definition) is 2. The van der Waals surface area contributed by atoms with Gasteiger partial charge in [0.05, 0.1) is 22.6 Å². The molecule has 0 bridgehead atoms. The molecule has 4 rings (SSSR count). The topological polar surface area (TPSA) is 104 Å². The van der Waals surface area contributed by atoms with E-state index in [9.17, 15) is 22.8 Å². The van der Waals surface area contributed by atoms with Crippen molar-refractivity contribution in [2.75, 3.05) is 18.4 Å². The second-order valence-electron chi connectivity index (χ2n) is 9.52. The lowest BCUT2D eigenvalue weighted by atomic mass is 9.91. The molecule has 1 amide bonds. The van der Waals surface area contributed by atoms with Crippen LogP contribution in [0.1, 0.15) is 60.5 Å². The molecule has 3 atom stereocenters. The third-order valence-electron chi connectivity index (χ3n) is 6.24. The molecule has 3 unspecified atom stereocenters. The van der Waals surface area contributed by atoms with Gasteiger partial charge in [-0.15, -0.1) is 0 Å². The van der Waals surface area contributed by atoms with Crippen LogP contribution in [0.25, 0.3) is 10.9 Å². The fourth-order valence-electron chi connectivity index (χ4n) is 4.79. The largest absolute Gasteiger partial charge is 0.419 e. The molecular weight excluding hydrogens is 480 g/mol. The summed E-state index contributed by atoms with van der Waals surface area (Å²) in [4.78, 5) is 41.2. The van der Waals surface area contributed by atoms with Gasteiger partial charge < -0.3 is 15.2 Å². The van der Waals surface area contributed by atoms with Crippen LogP contribution in [0.2, 0.25) is 0 Å². The van der Waals surface area contributed by atoms with Gasteiger partial charge in [0.1, 0.15) is 11.3 Å². The normalized spacial score (nSPS) is 19.4. The van der Waals surface area contributed by atoms with Crippen molar-refractivity contribution in [2.45, 2.75) is 46.3 Å². The van der Waals surface area contributed by atoms with E-state index in [1.807, 2.05) is 0 Å². The van der Waals surface area contributed by atoms with Crippen molar-refractivity contribution < 1.29 is 22.4 Å². The molecule has 12 heteroatoms.